The number of rotatable bonds is 15. The minimum Gasteiger partial charge on any atom is -0.457 e. The number of aliphatic hydroxyl groups excluding tert-OH is 2. The number of ether oxygens (including phenoxy) is 1. The molecule has 0 heterocycles. The van der Waals surface area contributed by atoms with E-state index in [9.17, 15) is 4.79 Å². The van der Waals surface area contributed by atoms with Crippen molar-refractivity contribution >= 4 is 5.97 Å². The van der Waals surface area contributed by atoms with Crippen LogP contribution < -0.4 is 0 Å². The molecule has 2 N–H and O–H groups in total. The van der Waals surface area contributed by atoms with E-state index >= 15 is 0 Å². The van der Waals surface area contributed by atoms with E-state index in [1.807, 2.05) is 0 Å². The summed E-state index contributed by atoms with van der Waals surface area (Å²) >= 11 is 0. The molecule has 138 valence electrons. The number of carbonyl (C=O) groups is 1. The van der Waals surface area contributed by atoms with Crippen LogP contribution >= 0.6 is 0 Å². The highest BCUT2D eigenvalue weighted by Gasteiger charge is 2.11. The second kappa shape index (κ2) is 18.0. The third kappa shape index (κ3) is 15.5. The van der Waals surface area contributed by atoms with Gasteiger partial charge in [-0.3, -0.25) is 4.79 Å². The Morgan fingerprint density at radius 2 is 1.62 bits per heavy atom. The van der Waals surface area contributed by atoms with Gasteiger partial charge in [0.15, 0.2) is 0 Å². The van der Waals surface area contributed by atoms with Gasteiger partial charge in [0.1, 0.15) is 6.10 Å². The van der Waals surface area contributed by atoms with Crippen molar-refractivity contribution in [1.29, 1.82) is 0 Å². The molecule has 0 aliphatic heterocycles. The van der Waals surface area contributed by atoms with Gasteiger partial charge < -0.3 is 14.9 Å². The molecule has 0 aromatic carbocycles. The predicted octanol–water partition coefficient (Wildman–Crippen LogP) is 4.08. The summed E-state index contributed by atoms with van der Waals surface area (Å²) in [6.45, 7) is 1.53. The fraction of sp³-hybridized carbons (Fsp3) is 0.650. The van der Waals surface area contributed by atoms with Crippen LogP contribution in [0, 0.1) is 0 Å². The molecule has 0 aromatic heterocycles. The summed E-state index contributed by atoms with van der Waals surface area (Å²) in [6, 6.07) is 0. The molecule has 0 spiro atoms. The lowest BCUT2D eigenvalue weighted by atomic mass is 10.1. The van der Waals surface area contributed by atoms with Gasteiger partial charge in [-0.05, 0) is 32.1 Å². The van der Waals surface area contributed by atoms with Gasteiger partial charge in [0.05, 0.1) is 13.2 Å². The van der Waals surface area contributed by atoms with Crippen molar-refractivity contribution < 1.29 is 19.7 Å². The van der Waals surface area contributed by atoms with Crippen LogP contribution in [0.4, 0.5) is 0 Å². The Morgan fingerprint density at radius 3 is 2.33 bits per heavy atom. The van der Waals surface area contributed by atoms with E-state index < -0.39 is 6.10 Å². The molecule has 0 unspecified atom stereocenters. The number of hydrogen-bond acceptors (Lipinski definition) is 4. The molecule has 24 heavy (non-hydrogen) atoms. The molecule has 0 saturated heterocycles. The summed E-state index contributed by atoms with van der Waals surface area (Å²) in [6.07, 6.45) is 20.9. The lowest BCUT2D eigenvalue weighted by Gasteiger charge is -2.11. The van der Waals surface area contributed by atoms with Crippen molar-refractivity contribution in [3.05, 3.63) is 36.5 Å². The molecular formula is C20H34O4. The standard InChI is InChI=1S/C20H34O4/c1-2-3-4-5-6-7-8-9-10-11-12-13-14-15-16-20(23)24-19(17-21)18-22/h7-10,12-13,19,21-22H,2-6,11,14-18H2,1H3/b8-7+,10-9+,13-12-. The summed E-state index contributed by atoms with van der Waals surface area (Å²) < 4.78 is 4.88. The zero-order valence-corrected chi connectivity index (χ0v) is 15.0. The molecule has 0 bridgehead atoms. The summed E-state index contributed by atoms with van der Waals surface area (Å²) in [7, 11) is 0. The maximum atomic E-state index is 11.4. The molecule has 4 heteroatoms. The first-order chi connectivity index (χ1) is 11.7. The first-order valence-electron chi connectivity index (χ1n) is 9.12. The third-order valence-electron chi connectivity index (χ3n) is 3.50. The quantitative estimate of drug-likeness (QED) is 0.204. The van der Waals surface area contributed by atoms with E-state index in [1.54, 1.807) is 0 Å². The highest BCUT2D eigenvalue weighted by molar-refractivity contribution is 5.69. The minimum atomic E-state index is -0.794. The maximum Gasteiger partial charge on any atom is 0.306 e. The van der Waals surface area contributed by atoms with Crippen molar-refractivity contribution in [1.82, 2.24) is 0 Å². The first kappa shape index (κ1) is 22.6. The van der Waals surface area contributed by atoms with Crippen LogP contribution in [0.2, 0.25) is 0 Å². The average molecular weight is 338 g/mol. The zero-order valence-electron chi connectivity index (χ0n) is 15.0. The van der Waals surface area contributed by atoms with Gasteiger partial charge in [0.2, 0.25) is 0 Å². The number of esters is 1. The van der Waals surface area contributed by atoms with Crippen molar-refractivity contribution in [3.8, 4) is 0 Å². The number of hydrogen-bond donors (Lipinski definition) is 2. The van der Waals surface area contributed by atoms with Crippen LogP contribution in [-0.4, -0.2) is 35.5 Å². The number of allylic oxidation sites excluding steroid dienone is 6. The minimum absolute atomic E-state index is 0.303. The van der Waals surface area contributed by atoms with E-state index in [1.165, 1.54) is 25.7 Å². The van der Waals surface area contributed by atoms with Gasteiger partial charge in [-0.1, -0.05) is 62.6 Å². The fourth-order valence-electron chi connectivity index (χ4n) is 2.05. The lowest BCUT2D eigenvalue weighted by Crippen LogP contribution is -2.25. The molecule has 0 radical (unpaired) electrons. The fourth-order valence-corrected chi connectivity index (χ4v) is 2.05. The van der Waals surface area contributed by atoms with Crippen molar-refractivity contribution in [3.63, 3.8) is 0 Å². The van der Waals surface area contributed by atoms with Crippen molar-refractivity contribution in [2.45, 2.75) is 70.8 Å². The van der Waals surface area contributed by atoms with E-state index in [0.29, 0.717) is 12.8 Å². The monoisotopic (exact) mass is 338 g/mol. The highest BCUT2D eigenvalue weighted by Crippen LogP contribution is 2.04. The normalized spacial score (nSPS) is 12.2. The molecule has 0 rings (SSSR count). The number of aliphatic hydroxyl groups is 2. The van der Waals surface area contributed by atoms with Gasteiger partial charge in [0, 0.05) is 6.42 Å². The molecule has 0 aliphatic carbocycles. The summed E-state index contributed by atoms with van der Waals surface area (Å²) in [5.74, 6) is -0.375. The lowest BCUT2D eigenvalue weighted by molar-refractivity contribution is -0.153. The molecule has 0 atom stereocenters. The highest BCUT2D eigenvalue weighted by atomic mass is 16.6. The van der Waals surface area contributed by atoms with Gasteiger partial charge in [0.25, 0.3) is 0 Å². The molecule has 0 amide bonds. The molecule has 0 fully saturated rings. The molecule has 0 aliphatic rings. The van der Waals surface area contributed by atoms with Crippen LogP contribution in [0.1, 0.15) is 64.7 Å². The Balaban J connectivity index is 3.53. The number of carbonyl (C=O) groups excluding carboxylic acids is 1. The van der Waals surface area contributed by atoms with Crippen molar-refractivity contribution in [2.24, 2.45) is 0 Å². The predicted molar refractivity (Wildman–Crippen MR) is 98.7 cm³/mol. The Kier molecular flexibility index (Phi) is 16.9. The van der Waals surface area contributed by atoms with Crippen molar-refractivity contribution in [2.75, 3.05) is 13.2 Å². The van der Waals surface area contributed by atoms with Gasteiger partial charge in [-0.25, -0.2) is 0 Å². The third-order valence-corrected chi connectivity index (χ3v) is 3.50. The van der Waals surface area contributed by atoms with E-state index in [-0.39, 0.29) is 19.2 Å². The van der Waals surface area contributed by atoms with Crippen LogP contribution in [0.25, 0.3) is 0 Å². The van der Waals surface area contributed by atoms with Crippen LogP contribution in [0.15, 0.2) is 36.5 Å². The van der Waals surface area contributed by atoms with E-state index in [2.05, 4.69) is 43.4 Å². The molecule has 0 aromatic rings. The van der Waals surface area contributed by atoms with E-state index in [4.69, 9.17) is 14.9 Å². The first-order valence-corrected chi connectivity index (χ1v) is 9.12. The van der Waals surface area contributed by atoms with Gasteiger partial charge in [-0.15, -0.1) is 0 Å². The van der Waals surface area contributed by atoms with Gasteiger partial charge >= 0.3 is 5.97 Å². The Morgan fingerprint density at radius 1 is 0.917 bits per heavy atom. The Labute approximate surface area is 146 Å². The molecule has 0 saturated carbocycles. The van der Waals surface area contributed by atoms with Gasteiger partial charge in [-0.2, -0.15) is 0 Å². The van der Waals surface area contributed by atoms with Crippen LogP contribution in [0.3, 0.4) is 0 Å². The smallest absolute Gasteiger partial charge is 0.306 e. The summed E-state index contributed by atoms with van der Waals surface area (Å²) in [5, 5.41) is 17.6. The topological polar surface area (TPSA) is 66.8 Å². The summed E-state index contributed by atoms with van der Waals surface area (Å²) in [4.78, 5) is 11.4. The molecular weight excluding hydrogens is 304 g/mol. The Hall–Kier alpha value is -1.39. The SMILES string of the molecule is CCCCCC/C=C/C=C/C/C=C\CCCC(=O)OC(CO)CO. The second-order valence-electron chi connectivity index (χ2n) is 5.78. The Bertz CT molecular complexity index is 368. The van der Waals surface area contributed by atoms with E-state index in [0.717, 1.165) is 19.3 Å². The summed E-state index contributed by atoms with van der Waals surface area (Å²) in [5.41, 5.74) is 0. The zero-order chi connectivity index (χ0) is 17.9. The van der Waals surface area contributed by atoms with Crippen LogP contribution in [-0.2, 0) is 9.53 Å². The average Bonchev–Trinajstić information content (AvgIpc) is 2.60. The number of unbranched alkanes of at least 4 members (excludes halogenated alkanes) is 5. The largest absolute Gasteiger partial charge is 0.457 e. The second-order valence-corrected chi connectivity index (χ2v) is 5.78. The maximum absolute atomic E-state index is 11.4. The van der Waals surface area contributed by atoms with Crippen LogP contribution in [0.5, 0.6) is 0 Å². The molecule has 4 nitrogen and oxygen atoms in total.